The Bertz CT molecular complexity index is 667. The summed E-state index contributed by atoms with van der Waals surface area (Å²) in [5, 5.41) is 9.58. The molecule has 2 rings (SSSR count). The number of phenols is 1. The van der Waals surface area contributed by atoms with E-state index in [2.05, 4.69) is 4.72 Å². The Kier molecular flexibility index (Phi) is 4.01. The summed E-state index contributed by atoms with van der Waals surface area (Å²) in [5.74, 6) is -0.268. The van der Waals surface area contributed by atoms with Gasteiger partial charge in [0.25, 0.3) is 10.0 Å². The molecule has 0 atom stereocenters. The molecule has 0 amide bonds. The van der Waals surface area contributed by atoms with Gasteiger partial charge in [-0.1, -0.05) is 12.1 Å². The number of phenolic OH excluding ortho intramolecular Hbond substituents is 1. The fraction of sp³-hybridized carbons (Fsp3) is 0.0769. The quantitative estimate of drug-likeness (QED) is 0.851. The minimum absolute atomic E-state index is 0.135. The van der Waals surface area contributed by atoms with Crippen LogP contribution in [0.5, 0.6) is 5.75 Å². The predicted molar refractivity (Wildman–Crippen MR) is 77.1 cm³/mol. The Balaban J connectivity index is 2.28. The van der Waals surface area contributed by atoms with Crippen LogP contribution in [0.2, 0.25) is 0 Å². The van der Waals surface area contributed by atoms with Crippen LogP contribution < -0.4 is 4.72 Å². The van der Waals surface area contributed by atoms with Gasteiger partial charge in [-0.05, 0) is 42.7 Å². The van der Waals surface area contributed by atoms with Gasteiger partial charge in [-0.15, -0.1) is 11.8 Å². The molecule has 0 saturated heterocycles. The number of nitrogens with one attached hydrogen (secondary N) is 1. The van der Waals surface area contributed by atoms with Gasteiger partial charge in [0.2, 0.25) is 0 Å². The lowest BCUT2D eigenvalue weighted by molar-refractivity contribution is 0.459. The number of rotatable bonds is 4. The van der Waals surface area contributed by atoms with Crippen molar-refractivity contribution in [2.75, 3.05) is 11.0 Å². The van der Waals surface area contributed by atoms with Crippen LogP contribution in [-0.4, -0.2) is 19.8 Å². The molecule has 2 aromatic rings. The molecule has 0 aliphatic heterocycles. The standard InChI is InChI=1S/C13H13NO3S2/c1-18-11-8-6-10(7-9-11)14-19(16,17)13-5-3-2-4-12(13)15/h2-9,14-15H,1H3. The minimum atomic E-state index is -3.77. The molecule has 100 valence electrons. The number of para-hydroxylation sites is 1. The second-order valence-corrected chi connectivity index (χ2v) is 6.33. The summed E-state index contributed by atoms with van der Waals surface area (Å²) in [4.78, 5) is 0.912. The van der Waals surface area contributed by atoms with Crippen molar-refractivity contribution in [2.24, 2.45) is 0 Å². The molecule has 0 fully saturated rings. The lowest BCUT2D eigenvalue weighted by Gasteiger charge is -2.09. The molecule has 2 aromatic carbocycles. The van der Waals surface area contributed by atoms with Crippen molar-refractivity contribution in [1.29, 1.82) is 0 Å². The summed E-state index contributed by atoms with van der Waals surface area (Å²) < 4.78 is 26.6. The van der Waals surface area contributed by atoms with Crippen molar-refractivity contribution in [3.63, 3.8) is 0 Å². The van der Waals surface area contributed by atoms with E-state index in [1.165, 1.54) is 12.1 Å². The monoisotopic (exact) mass is 295 g/mol. The molecule has 6 heteroatoms. The van der Waals surface area contributed by atoms with Crippen molar-refractivity contribution in [3.8, 4) is 5.75 Å². The molecule has 0 heterocycles. The van der Waals surface area contributed by atoms with Crippen LogP contribution in [-0.2, 0) is 10.0 Å². The molecular formula is C13H13NO3S2. The molecule has 0 bridgehead atoms. The first-order valence-electron chi connectivity index (χ1n) is 5.48. The average molecular weight is 295 g/mol. The van der Waals surface area contributed by atoms with Gasteiger partial charge in [0.15, 0.2) is 0 Å². The number of hydrogen-bond acceptors (Lipinski definition) is 4. The molecule has 0 unspecified atom stereocenters. The van der Waals surface area contributed by atoms with E-state index in [4.69, 9.17) is 0 Å². The molecule has 0 spiro atoms. The summed E-state index contributed by atoms with van der Waals surface area (Å²) in [7, 11) is -3.77. The second-order valence-electron chi connectivity index (χ2n) is 3.80. The molecule has 0 aliphatic carbocycles. The summed E-state index contributed by atoms with van der Waals surface area (Å²) in [5.41, 5.74) is 0.459. The molecule has 0 aromatic heterocycles. The molecule has 0 aliphatic rings. The van der Waals surface area contributed by atoms with Gasteiger partial charge in [0.05, 0.1) is 0 Å². The predicted octanol–water partition coefficient (Wildman–Crippen LogP) is 2.91. The van der Waals surface area contributed by atoms with E-state index >= 15 is 0 Å². The molecule has 2 N–H and O–H groups in total. The summed E-state index contributed by atoms with van der Waals surface area (Å²) >= 11 is 1.58. The first-order chi connectivity index (χ1) is 9.03. The maximum atomic E-state index is 12.1. The van der Waals surface area contributed by atoms with Gasteiger partial charge in [-0.25, -0.2) is 8.42 Å². The molecular weight excluding hydrogens is 282 g/mol. The summed E-state index contributed by atoms with van der Waals surface area (Å²) in [6.45, 7) is 0. The maximum Gasteiger partial charge on any atom is 0.265 e. The van der Waals surface area contributed by atoms with Crippen LogP contribution in [0.4, 0.5) is 5.69 Å². The lowest BCUT2D eigenvalue weighted by Crippen LogP contribution is -2.12. The topological polar surface area (TPSA) is 66.4 Å². The lowest BCUT2D eigenvalue weighted by atomic mass is 10.3. The van der Waals surface area contributed by atoms with Gasteiger partial charge in [0, 0.05) is 10.6 Å². The summed E-state index contributed by atoms with van der Waals surface area (Å²) in [6.07, 6.45) is 1.95. The Morgan fingerprint density at radius 1 is 1.05 bits per heavy atom. The average Bonchev–Trinajstić information content (AvgIpc) is 2.39. The van der Waals surface area contributed by atoms with E-state index in [-0.39, 0.29) is 10.6 Å². The second kappa shape index (κ2) is 5.54. The Labute approximate surface area is 116 Å². The fourth-order valence-corrected chi connectivity index (χ4v) is 3.12. The fourth-order valence-electron chi connectivity index (χ4n) is 1.55. The summed E-state index contributed by atoms with van der Waals surface area (Å²) in [6, 6.07) is 12.8. The van der Waals surface area contributed by atoms with Gasteiger partial charge in [-0.3, -0.25) is 4.72 Å². The van der Waals surface area contributed by atoms with Crippen LogP contribution in [0.1, 0.15) is 0 Å². The largest absolute Gasteiger partial charge is 0.507 e. The van der Waals surface area contributed by atoms with Crippen LogP contribution in [0.15, 0.2) is 58.3 Å². The number of thioether (sulfide) groups is 1. The van der Waals surface area contributed by atoms with Crippen molar-refractivity contribution >= 4 is 27.5 Å². The first kappa shape index (κ1) is 13.8. The van der Waals surface area contributed by atoms with Crippen LogP contribution in [0, 0.1) is 0 Å². The van der Waals surface area contributed by atoms with Crippen molar-refractivity contribution in [1.82, 2.24) is 0 Å². The Morgan fingerprint density at radius 3 is 2.26 bits per heavy atom. The molecule has 19 heavy (non-hydrogen) atoms. The van der Waals surface area contributed by atoms with E-state index in [1.54, 1.807) is 36.0 Å². The van der Waals surface area contributed by atoms with E-state index in [0.717, 1.165) is 4.90 Å². The third-order valence-electron chi connectivity index (χ3n) is 2.50. The van der Waals surface area contributed by atoms with Gasteiger partial charge in [-0.2, -0.15) is 0 Å². The minimum Gasteiger partial charge on any atom is -0.507 e. The highest BCUT2D eigenvalue weighted by molar-refractivity contribution is 7.98. The Hall–Kier alpha value is -1.66. The van der Waals surface area contributed by atoms with Crippen molar-refractivity contribution in [3.05, 3.63) is 48.5 Å². The van der Waals surface area contributed by atoms with Gasteiger partial charge in [0.1, 0.15) is 10.6 Å². The van der Waals surface area contributed by atoms with Gasteiger partial charge >= 0.3 is 0 Å². The highest BCUT2D eigenvalue weighted by Crippen LogP contribution is 2.25. The zero-order valence-corrected chi connectivity index (χ0v) is 11.8. The third kappa shape index (κ3) is 3.21. The molecule has 0 radical (unpaired) electrons. The Morgan fingerprint density at radius 2 is 1.68 bits per heavy atom. The molecule has 0 saturated carbocycles. The highest BCUT2D eigenvalue weighted by atomic mass is 32.2. The van der Waals surface area contributed by atoms with Crippen molar-refractivity contribution in [2.45, 2.75) is 9.79 Å². The first-order valence-corrected chi connectivity index (χ1v) is 8.18. The van der Waals surface area contributed by atoms with E-state index in [0.29, 0.717) is 5.69 Å². The van der Waals surface area contributed by atoms with Crippen LogP contribution in [0.3, 0.4) is 0 Å². The van der Waals surface area contributed by atoms with Gasteiger partial charge < -0.3 is 5.11 Å². The van der Waals surface area contributed by atoms with E-state index in [1.807, 2.05) is 18.4 Å². The molecule has 4 nitrogen and oxygen atoms in total. The van der Waals surface area contributed by atoms with Crippen molar-refractivity contribution < 1.29 is 13.5 Å². The van der Waals surface area contributed by atoms with E-state index < -0.39 is 10.0 Å². The highest BCUT2D eigenvalue weighted by Gasteiger charge is 2.17. The normalized spacial score (nSPS) is 11.2. The number of benzene rings is 2. The van der Waals surface area contributed by atoms with E-state index in [9.17, 15) is 13.5 Å². The zero-order valence-electron chi connectivity index (χ0n) is 10.2. The number of sulfonamides is 1. The van der Waals surface area contributed by atoms with Crippen LogP contribution in [0.25, 0.3) is 0 Å². The zero-order chi connectivity index (χ0) is 13.9. The number of anilines is 1. The third-order valence-corrected chi connectivity index (χ3v) is 4.67. The number of aromatic hydroxyl groups is 1. The SMILES string of the molecule is CSc1ccc(NS(=O)(=O)c2ccccc2O)cc1. The van der Waals surface area contributed by atoms with Crippen LogP contribution >= 0.6 is 11.8 Å². The maximum absolute atomic E-state index is 12.1. The smallest absolute Gasteiger partial charge is 0.265 e. The number of hydrogen-bond donors (Lipinski definition) is 2.